The van der Waals surface area contributed by atoms with E-state index in [-0.39, 0.29) is 17.2 Å². The third kappa shape index (κ3) is 2.21. The Morgan fingerprint density at radius 3 is 2.52 bits per heavy atom. The fourth-order valence-electron chi connectivity index (χ4n) is 4.97. The van der Waals surface area contributed by atoms with Gasteiger partial charge in [0, 0.05) is 24.3 Å². The van der Waals surface area contributed by atoms with Crippen molar-refractivity contribution in [2.75, 3.05) is 34.9 Å². The van der Waals surface area contributed by atoms with Crippen molar-refractivity contribution in [3.05, 3.63) is 46.1 Å². The zero-order valence-corrected chi connectivity index (χ0v) is 15.3. The van der Waals surface area contributed by atoms with Crippen molar-refractivity contribution in [1.82, 2.24) is 4.90 Å². The Bertz CT molecular complexity index is 758. The molecule has 1 aliphatic heterocycles. The molecule has 4 aliphatic rings. The van der Waals surface area contributed by atoms with Gasteiger partial charge >= 0.3 is 0 Å². The summed E-state index contributed by atoms with van der Waals surface area (Å²) in [6.45, 7) is 1.00. The summed E-state index contributed by atoms with van der Waals surface area (Å²) in [5, 5.41) is 0. The summed E-state index contributed by atoms with van der Waals surface area (Å²) in [6, 6.07) is 0.272. The Hall–Kier alpha value is -2.01. The van der Waals surface area contributed by atoms with Crippen molar-refractivity contribution in [2.24, 2.45) is 5.41 Å². The summed E-state index contributed by atoms with van der Waals surface area (Å²) in [4.78, 5) is 14.8. The van der Waals surface area contributed by atoms with Gasteiger partial charge in [-0.15, -0.1) is 0 Å². The molecule has 5 heteroatoms. The standard InChI is InChI=1S/C20H25NO4/c1-21-6-5-20-11-19(25-4)16(22)9-14(20)15(21)7-12-8-17(23-2)18(24-3)10-13(12)20/h9,11,15H,5-8,10H2,1-4H3/t15-,20?/m1/s1. The molecule has 1 saturated heterocycles. The third-order valence-electron chi connectivity index (χ3n) is 6.31. The Morgan fingerprint density at radius 1 is 1.12 bits per heavy atom. The number of rotatable bonds is 3. The fourth-order valence-corrected chi connectivity index (χ4v) is 4.97. The number of likely N-dealkylation sites (tertiary alicyclic amines) is 1. The molecule has 134 valence electrons. The van der Waals surface area contributed by atoms with Crippen molar-refractivity contribution in [3.8, 4) is 0 Å². The largest absolute Gasteiger partial charge is 0.497 e. The van der Waals surface area contributed by atoms with Crippen LogP contribution in [0.2, 0.25) is 0 Å². The van der Waals surface area contributed by atoms with Crippen molar-refractivity contribution in [1.29, 1.82) is 0 Å². The van der Waals surface area contributed by atoms with Crippen LogP contribution in [0.3, 0.4) is 0 Å². The van der Waals surface area contributed by atoms with E-state index in [0.29, 0.717) is 5.76 Å². The molecule has 1 fully saturated rings. The van der Waals surface area contributed by atoms with Crippen molar-refractivity contribution < 1.29 is 19.0 Å². The summed E-state index contributed by atoms with van der Waals surface area (Å²) >= 11 is 0. The van der Waals surface area contributed by atoms with Gasteiger partial charge in [-0.05, 0) is 49.7 Å². The Labute approximate surface area is 148 Å². The van der Waals surface area contributed by atoms with Gasteiger partial charge in [-0.3, -0.25) is 9.69 Å². The van der Waals surface area contributed by atoms with Crippen LogP contribution in [0.1, 0.15) is 25.7 Å². The van der Waals surface area contributed by atoms with Crippen LogP contribution in [0, 0.1) is 5.41 Å². The molecular formula is C20H25NO4. The summed E-state index contributed by atoms with van der Waals surface area (Å²) in [7, 11) is 7.14. The molecule has 1 heterocycles. The number of carbonyl (C=O) groups excluding carboxylic acids is 1. The van der Waals surface area contributed by atoms with Crippen LogP contribution in [0.4, 0.5) is 0 Å². The van der Waals surface area contributed by atoms with Gasteiger partial charge in [0.15, 0.2) is 5.76 Å². The van der Waals surface area contributed by atoms with Crippen LogP contribution in [0.15, 0.2) is 46.1 Å². The summed E-state index contributed by atoms with van der Waals surface area (Å²) in [5.41, 5.74) is 3.81. The first-order valence-electron chi connectivity index (χ1n) is 8.79. The highest BCUT2D eigenvalue weighted by atomic mass is 16.5. The SMILES string of the molecule is COC1=CC23CCN(C)[C@H](CC4=C2CC(OC)=C(OC)C4)C3=CC1=O. The van der Waals surface area contributed by atoms with Gasteiger partial charge in [0.2, 0.25) is 5.78 Å². The van der Waals surface area contributed by atoms with Crippen LogP contribution in [-0.4, -0.2) is 51.6 Å². The highest BCUT2D eigenvalue weighted by Crippen LogP contribution is 2.58. The maximum absolute atomic E-state index is 12.4. The molecule has 5 nitrogen and oxygen atoms in total. The lowest BCUT2D eigenvalue weighted by Gasteiger charge is -2.54. The van der Waals surface area contributed by atoms with E-state index < -0.39 is 0 Å². The number of allylic oxidation sites excluding steroid dienone is 4. The minimum absolute atomic E-state index is 0.0200. The molecule has 0 aromatic carbocycles. The molecule has 1 unspecified atom stereocenters. The molecule has 4 rings (SSSR count). The molecule has 2 bridgehead atoms. The molecule has 0 N–H and O–H groups in total. The lowest BCUT2D eigenvalue weighted by atomic mass is 9.56. The van der Waals surface area contributed by atoms with E-state index in [4.69, 9.17) is 14.2 Å². The molecule has 0 amide bonds. The molecule has 0 aromatic rings. The molecular weight excluding hydrogens is 318 g/mol. The van der Waals surface area contributed by atoms with Crippen LogP contribution < -0.4 is 0 Å². The maximum Gasteiger partial charge on any atom is 0.220 e. The predicted molar refractivity (Wildman–Crippen MR) is 93.6 cm³/mol. The van der Waals surface area contributed by atoms with Gasteiger partial charge in [0.1, 0.15) is 11.5 Å². The van der Waals surface area contributed by atoms with E-state index >= 15 is 0 Å². The van der Waals surface area contributed by atoms with E-state index in [2.05, 4.69) is 18.0 Å². The lowest BCUT2D eigenvalue weighted by Crippen LogP contribution is -2.52. The topological polar surface area (TPSA) is 48.0 Å². The van der Waals surface area contributed by atoms with E-state index in [1.807, 2.05) is 6.08 Å². The van der Waals surface area contributed by atoms with Crippen molar-refractivity contribution in [2.45, 2.75) is 31.7 Å². The molecule has 2 atom stereocenters. The zero-order chi connectivity index (χ0) is 17.8. The average Bonchev–Trinajstić information content (AvgIpc) is 2.63. The molecule has 3 aliphatic carbocycles. The minimum atomic E-state index is -0.215. The Kier molecular flexibility index (Phi) is 3.80. The molecule has 25 heavy (non-hydrogen) atoms. The first kappa shape index (κ1) is 16.5. The second kappa shape index (κ2) is 5.77. The first-order valence-corrected chi connectivity index (χ1v) is 8.79. The number of ether oxygens (including phenoxy) is 3. The smallest absolute Gasteiger partial charge is 0.220 e. The third-order valence-corrected chi connectivity index (χ3v) is 6.31. The fraction of sp³-hybridized carbons (Fsp3) is 0.550. The number of nitrogens with zero attached hydrogens (tertiary/aromatic N) is 1. The second-order valence-corrected chi connectivity index (χ2v) is 7.29. The summed E-state index contributed by atoms with van der Waals surface area (Å²) in [6.07, 6.45) is 7.34. The monoisotopic (exact) mass is 343 g/mol. The number of methoxy groups -OCH3 is 3. The Balaban J connectivity index is 1.87. The van der Waals surface area contributed by atoms with Crippen LogP contribution in [-0.2, 0) is 19.0 Å². The molecule has 0 spiro atoms. The van der Waals surface area contributed by atoms with Crippen LogP contribution in [0.25, 0.3) is 0 Å². The number of likely N-dealkylation sites (N-methyl/N-ethyl adjacent to an activating group) is 1. The second-order valence-electron chi connectivity index (χ2n) is 7.29. The van der Waals surface area contributed by atoms with Gasteiger partial charge in [-0.1, -0.05) is 5.57 Å². The number of hydrogen-bond acceptors (Lipinski definition) is 5. The quantitative estimate of drug-likeness (QED) is 0.738. The molecule has 0 radical (unpaired) electrons. The van der Waals surface area contributed by atoms with Crippen molar-refractivity contribution in [3.63, 3.8) is 0 Å². The van der Waals surface area contributed by atoms with E-state index in [1.165, 1.54) is 16.7 Å². The maximum atomic E-state index is 12.4. The first-order chi connectivity index (χ1) is 12.0. The lowest BCUT2D eigenvalue weighted by molar-refractivity contribution is -0.114. The number of piperidine rings is 1. The summed E-state index contributed by atoms with van der Waals surface area (Å²) < 4.78 is 16.6. The van der Waals surface area contributed by atoms with Gasteiger partial charge in [0.05, 0.1) is 21.3 Å². The van der Waals surface area contributed by atoms with Crippen LogP contribution >= 0.6 is 0 Å². The van der Waals surface area contributed by atoms with E-state index in [9.17, 15) is 4.79 Å². The Morgan fingerprint density at radius 2 is 1.84 bits per heavy atom. The molecule has 0 aromatic heterocycles. The normalized spacial score (nSPS) is 31.8. The van der Waals surface area contributed by atoms with Crippen molar-refractivity contribution >= 4 is 5.78 Å². The molecule has 0 saturated carbocycles. The average molecular weight is 343 g/mol. The minimum Gasteiger partial charge on any atom is -0.497 e. The van der Waals surface area contributed by atoms with Gasteiger partial charge in [-0.25, -0.2) is 0 Å². The highest BCUT2D eigenvalue weighted by Gasteiger charge is 2.52. The predicted octanol–water partition coefficient (Wildman–Crippen LogP) is 2.71. The number of ketones is 1. The van der Waals surface area contributed by atoms with E-state index in [1.54, 1.807) is 21.3 Å². The zero-order valence-electron chi connectivity index (χ0n) is 15.3. The summed E-state index contributed by atoms with van der Waals surface area (Å²) in [5.74, 6) is 2.26. The highest BCUT2D eigenvalue weighted by molar-refractivity contribution is 6.04. The van der Waals surface area contributed by atoms with Gasteiger partial charge in [0.25, 0.3) is 0 Å². The van der Waals surface area contributed by atoms with Crippen LogP contribution in [0.5, 0.6) is 0 Å². The van der Waals surface area contributed by atoms with Gasteiger partial charge in [-0.2, -0.15) is 0 Å². The van der Waals surface area contributed by atoms with Gasteiger partial charge < -0.3 is 14.2 Å². The number of hydrogen-bond donors (Lipinski definition) is 0. The van der Waals surface area contributed by atoms with E-state index in [0.717, 1.165) is 43.7 Å². The number of carbonyl (C=O) groups is 1.